The third kappa shape index (κ3) is 1.76. The first-order valence-electron chi connectivity index (χ1n) is 4.92. The number of rotatable bonds is 1. The van der Waals surface area contributed by atoms with Crippen LogP contribution in [0, 0.1) is 5.92 Å². The fraction of sp³-hybridized carbons (Fsp3) is 0.800. The maximum atomic E-state index is 12.3. The Bertz CT molecular complexity index is 213. The number of ether oxygens (including phenoxy) is 1. The highest BCUT2D eigenvalue weighted by atomic mass is 19.1. The summed E-state index contributed by atoms with van der Waals surface area (Å²) in [6, 6.07) is 0.601. The Morgan fingerprint density at radius 1 is 1.54 bits per heavy atom. The van der Waals surface area contributed by atoms with Gasteiger partial charge in [0.05, 0.1) is 25.6 Å². The van der Waals surface area contributed by atoms with Crippen molar-refractivity contribution in [2.45, 2.75) is 19.4 Å². The van der Waals surface area contributed by atoms with Gasteiger partial charge in [0.1, 0.15) is 0 Å². The monoisotopic (exact) mass is 185 g/mol. The quantitative estimate of drug-likeness (QED) is 0.615. The molecule has 2 nitrogen and oxygen atoms in total. The van der Waals surface area contributed by atoms with E-state index >= 15 is 0 Å². The zero-order valence-electron chi connectivity index (χ0n) is 8.00. The highest BCUT2D eigenvalue weighted by molar-refractivity contribution is 5.07. The van der Waals surface area contributed by atoms with Crippen molar-refractivity contribution in [3.63, 3.8) is 0 Å². The van der Waals surface area contributed by atoms with Gasteiger partial charge in [-0.25, -0.2) is 4.39 Å². The van der Waals surface area contributed by atoms with E-state index in [0.29, 0.717) is 12.0 Å². The van der Waals surface area contributed by atoms with Gasteiger partial charge in [-0.3, -0.25) is 4.90 Å². The normalized spacial score (nSPS) is 34.9. The van der Waals surface area contributed by atoms with Crippen molar-refractivity contribution in [1.82, 2.24) is 4.90 Å². The van der Waals surface area contributed by atoms with Crippen LogP contribution >= 0.6 is 0 Å². The van der Waals surface area contributed by atoms with Crippen molar-refractivity contribution in [2.24, 2.45) is 5.92 Å². The van der Waals surface area contributed by atoms with Crippen LogP contribution in [0.3, 0.4) is 0 Å². The maximum Gasteiger partial charge on any atom is 0.0862 e. The largest absolute Gasteiger partial charge is 0.378 e. The molecule has 2 fully saturated rings. The summed E-state index contributed by atoms with van der Waals surface area (Å²) in [5.41, 5.74) is 0.969. The molecule has 0 aliphatic carbocycles. The summed E-state index contributed by atoms with van der Waals surface area (Å²) in [4.78, 5) is 2.42. The summed E-state index contributed by atoms with van der Waals surface area (Å²) in [5, 5.41) is 0. The van der Waals surface area contributed by atoms with E-state index in [2.05, 4.69) is 11.8 Å². The molecule has 0 aromatic heterocycles. The maximum absolute atomic E-state index is 12.3. The molecule has 0 bridgehead atoms. The first kappa shape index (κ1) is 9.16. The fourth-order valence-corrected chi connectivity index (χ4v) is 2.01. The van der Waals surface area contributed by atoms with Crippen LogP contribution in [0.2, 0.25) is 0 Å². The third-order valence-corrected chi connectivity index (χ3v) is 3.11. The van der Waals surface area contributed by atoms with Gasteiger partial charge in [-0.2, -0.15) is 0 Å². The van der Waals surface area contributed by atoms with Gasteiger partial charge in [-0.05, 0) is 17.9 Å². The number of likely N-dealkylation sites (tertiary alicyclic amines) is 1. The summed E-state index contributed by atoms with van der Waals surface area (Å²) >= 11 is 0. The van der Waals surface area contributed by atoms with Gasteiger partial charge in [0.2, 0.25) is 0 Å². The summed E-state index contributed by atoms with van der Waals surface area (Å²) < 4.78 is 17.5. The minimum absolute atomic E-state index is 0.374. The van der Waals surface area contributed by atoms with Gasteiger partial charge in [-0.15, -0.1) is 0 Å². The minimum Gasteiger partial charge on any atom is -0.378 e. The Labute approximate surface area is 78.4 Å². The van der Waals surface area contributed by atoms with Gasteiger partial charge < -0.3 is 4.74 Å². The van der Waals surface area contributed by atoms with Crippen LogP contribution in [0.5, 0.6) is 0 Å². The molecule has 2 saturated heterocycles. The summed E-state index contributed by atoms with van der Waals surface area (Å²) in [5.74, 6) is 0.374. The van der Waals surface area contributed by atoms with E-state index in [1.165, 1.54) is 0 Å². The molecule has 74 valence electrons. The number of hydrogen-bond donors (Lipinski definition) is 0. The molecule has 2 aliphatic rings. The molecule has 0 aromatic carbocycles. The molecule has 1 atom stereocenters. The molecule has 13 heavy (non-hydrogen) atoms. The molecular formula is C10H16FNO. The predicted octanol–water partition coefficient (Wildman–Crippen LogP) is 1.58. The Hall–Kier alpha value is -0.410. The van der Waals surface area contributed by atoms with Crippen molar-refractivity contribution in [3.05, 3.63) is 11.9 Å². The number of nitrogens with zero attached hydrogens (tertiary/aromatic N) is 1. The SMILES string of the molecule is CC1CN(C2COC2)CC/C1=C\F. The second kappa shape index (κ2) is 3.76. The first-order valence-corrected chi connectivity index (χ1v) is 4.92. The van der Waals surface area contributed by atoms with Gasteiger partial charge in [0.15, 0.2) is 0 Å². The van der Waals surface area contributed by atoms with Crippen LogP contribution in [0.1, 0.15) is 13.3 Å². The fourth-order valence-electron chi connectivity index (χ4n) is 2.01. The van der Waals surface area contributed by atoms with Crippen LogP contribution in [-0.4, -0.2) is 37.2 Å². The van der Waals surface area contributed by atoms with E-state index < -0.39 is 0 Å². The van der Waals surface area contributed by atoms with Crippen molar-refractivity contribution in [1.29, 1.82) is 0 Å². The minimum atomic E-state index is 0.374. The average molecular weight is 185 g/mol. The smallest absolute Gasteiger partial charge is 0.0862 e. The topological polar surface area (TPSA) is 12.5 Å². The Balaban J connectivity index is 1.90. The highest BCUT2D eigenvalue weighted by Gasteiger charge is 2.30. The van der Waals surface area contributed by atoms with Crippen LogP contribution < -0.4 is 0 Å². The number of hydrogen-bond acceptors (Lipinski definition) is 2. The van der Waals surface area contributed by atoms with Crippen LogP contribution in [0.15, 0.2) is 11.9 Å². The standard InChI is InChI=1S/C10H16FNO/c1-8-5-12(10-6-13-7-10)3-2-9(8)4-11/h4,8,10H,2-3,5-7H2,1H3/b9-4+. The molecule has 2 aliphatic heterocycles. The van der Waals surface area contributed by atoms with Crippen molar-refractivity contribution < 1.29 is 9.13 Å². The Kier molecular flexibility index (Phi) is 2.65. The van der Waals surface area contributed by atoms with Crippen LogP contribution in [0.4, 0.5) is 4.39 Å². The van der Waals surface area contributed by atoms with E-state index in [1.54, 1.807) is 0 Å². The van der Waals surface area contributed by atoms with Gasteiger partial charge in [0, 0.05) is 13.1 Å². The van der Waals surface area contributed by atoms with Crippen molar-refractivity contribution in [2.75, 3.05) is 26.3 Å². The van der Waals surface area contributed by atoms with E-state index in [1.807, 2.05) is 0 Å². The second-order valence-electron chi connectivity index (χ2n) is 4.02. The van der Waals surface area contributed by atoms with Gasteiger partial charge in [0.25, 0.3) is 0 Å². The van der Waals surface area contributed by atoms with E-state index in [-0.39, 0.29) is 0 Å². The first-order chi connectivity index (χ1) is 6.31. The van der Waals surface area contributed by atoms with Gasteiger partial charge in [-0.1, -0.05) is 6.92 Å². The van der Waals surface area contributed by atoms with Crippen molar-refractivity contribution >= 4 is 0 Å². The van der Waals surface area contributed by atoms with Crippen molar-refractivity contribution in [3.8, 4) is 0 Å². The molecular weight excluding hydrogens is 169 g/mol. The van der Waals surface area contributed by atoms with Crippen LogP contribution in [-0.2, 0) is 4.74 Å². The van der Waals surface area contributed by atoms with E-state index in [0.717, 1.165) is 44.6 Å². The summed E-state index contributed by atoms with van der Waals surface area (Å²) in [7, 11) is 0. The zero-order valence-corrected chi connectivity index (χ0v) is 8.00. The highest BCUT2D eigenvalue weighted by Crippen LogP contribution is 2.25. The molecule has 1 unspecified atom stereocenters. The van der Waals surface area contributed by atoms with Gasteiger partial charge >= 0.3 is 0 Å². The summed E-state index contributed by atoms with van der Waals surface area (Å²) in [6.07, 6.45) is 1.67. The number of piperidine rings is 1. The predicted molar refractivity (Wildman–Crippen MR) is 49.2 cm³/mol. The van der Waals surface area contributed by atoms with E-state index in [9.17, 15) is 4.39 Å². The lowest BCUT2D eigenvalue weighted by molar-refractivity contribution is -0.0710. The molecule has 3 heteroatoms. The third-order valence-electron chi connectivity index (χ3n) is 3.11. The number of halogens is 1. The Morgan fingerprint density at radius 2 is 2.31 bits per heavy atom. The Morgan fingerprint density at radius 3 is 2.77 bits per heavy atom. The average Bonchev–Trinajstić information content (AvgIpc) is 2.01. The molecule has 0 radical (unpaired) electrons. The molecule has 0 spiro atoms. The summed E-state index contributed by atoms with van der Waals surface area (Å²) in [6.45, 7) is 5.80. The molecule has 0 amide bonds. The molecule has 2 rings (SSSR count). The lowest BCUT2D eigenvalue weighted by Gasteiger charge is -2.42. The van der Waals surface area contributed by atoms with E-state index in [4.69, 9.17) is 4.74 Å². The van der Waals surface area contributed by atoms with Crippen LogP contribution in [0.25, 0.3) is 0 Å². The molecule has 0 aromatic rings. The second-order valence-corrected chi connectivity index (χ2v) is 4.02. The molecule has 0 saturated carbocycles. The lowest BCUT2D eigenvalue weighted by atomic mass is 9.93. The molecule has 0 N–H and O–H groups in total. The zero-order chi connectivity index (χ0) is 9.26. The molecule has 2 heterocycles. The lowest BCUT2D eigenvalue weighted by Crippen LogP contribution is -2.52.